The Bertz CT molecular complexity index is 406. The summed E-state index contributed by atoms with van der Waals surface area (Å²) in [7, 11) is 0. The SMILES string of the molecule is Nc1ccc2c(c1)CCCC(=O)N2CCF. The van der Waals surface area contributed by atoms with Crippen molar-refractivity contribution in [3.8, 4) is 0 Å². The summed E-state index contributed by atoms with van der Waals surface area (Å²) < 4.78 is 12.4. The fraction of sp³-hybridized carbons (Fsp3) is 0.417. The molecule has 1 aromatic carbocycles. The van der Waals surface area contributed by atoms with E-state index >= 15 is 0 Å². The predicted octanol–water partition coefficient (Wildman–Crippen LogP) is 1.91. The molecule has 4 heteroatoms. The molecule has 1 amide bonds. The van der Waals surface area contributed by atoms with Gasteiger partial charge in [-0.05, 0) is 36.6 Å². The van der Waals surface area contributed by atoms with Gasteiger partial charge in [0.1, 0.15) is 6.67 Å². The van der Waals surface area contributed by atoms with E-state index in [1.165, 1.54) is 4.90 Å². The van der Waals surface area contributed by atoms with E-state index in [-0.39, 0.29) is 12.5 Å². The molecule has 2 N–H and O–H groups in total. The van der Waals surface area contributed by atoms with Crippen LogP contribution in [-0.2, 0) is 11.2 Å². The zero-order valence-corrected chi connectivity index (χ0v) is 9.08. The molecule has 0 saturated heterocycles. The number of amides is 1. The van der Waals surface area contributed by atoms with Crippen molar-refractivity contribution in [2.24, 2.45) is 0 Å². The number of hydrogen-bond acceptors (Lipinski definition) is 2. The van der Waals surface area contributed by atoms with Crippen molar-refractivity contribution in [3.05, 3.63) is 23.8 Å². The first-order chi connectivity index (χ1) is 7.72. The van der Waals surface area contributed by atoms with Gasteiger partial charge in [-0.2, -0.15) is 0 Å². The zero-order valence-electron chi connectivity index (χ0n) is 9.08. The largest absolute Gasteiger partial charge is 0.399 e. The minimum Gasteiger partial charge on any atom is -0.399 e. The lowest BCUT2D eigenvalue weighted by Gasteiger charge is -2.21. The molecule has 0 bridgehead atoms. The van der Waals surface area contributed by atoms with Gasteiger partial charge in [0.2, 0.25) is 5.91 Å². The van der Waals surface area contributed by atoms with Gasteiger partial charge in [-0.1, -0.05) is 0 Å². The predicted molar refractivity (Wildman–Crippen MR) is 62.1 cm³/mol. The van der Waals surface area contributed by atoms with Crippen molar-refractivity contribution in [3.63, 3.8) is 0 Å². The molecule has 86 valence electrons. The summed E-state index contributed by atoms with van der Waals surface area (Å²) in [6.07, 6.45) is 2.11. The van der Waals surface area contributed by atoms with Crippen molar-refractivity contribution < 1.29 is 9.18 Å². The highest BCUT2D eigenvalue weighted by Crippen LogP contribution is 2.28. The topological polar surface area (TPSA) is 46.3 Å². The number of hydrogen-bond donors (Lipinski definition) is 1. The van der Waals surface area contributed by atoms with Gasteiger partial charge in [0, 0.05) is 17.8 Å². The maximum Gasteiger partial charge on any atom is 0.227 e. The second-order valence-electron chi connectivity index (χ2n) is 3.98. The maximum atomic E-state index is 12.4. The molecular formula is C12H15FN2O. The molecule has 3 nitrogen and oxygen atoms in total. The van der Waals surface area contributed by atoms with E-state index in [1.54, 1.807) is 6.07 Å². The highest BCUT2D eigenvalue weighted by molar-refractivity contribution is 5.95. The van der Waals surface area contributed by atoms with E-state index < -0.39 is 6.67 Å². The minimum absolute atomic E-state index is 0.00108. The Hall–Kier alpha value is -1.58. The van der Waals surface area contributed by atoms with Crippen molar-refractivity contribution in [2.45, 2.75) is 19.3 Å². The Balaban J connectivity index is 2.41. The molecule has 0 aliphatic carbocycles. The number of nitrogen functional groups attached to an aromatic ring is 1. The Labute approximate surface area is 94.0 Å². The molecule has 16 heavy (non-hydrogen) atoms. The third-order valence-corrected chi connectivity index (χ3v) is 2.84. The monoisotopic (exact) mass is 222 g/mol. The normalized spacial score (nSPS) is 15.8. The summed E-state index contributed by atoms with van der Waals surface area (Å²) in [5.74, 6) is 0.00108. The van der Waals surface area contributed by atoms with Crippen LogP contribution in [0, 0.1) is 0 Å². The van der Waals surface area contributed by atoms with Crippen LogP contribution in [0.15, 0.2) is 18.2 Å². The van der Waals surface area contributed by atoms with Crippen molar-refractivity contribution in [1.82, 2.24) is 0 Å². The quantitative estimate of drug-likeness (QED) is 0.777. The van der Waals surface area contributed by atoms with Crippen LogP contribution in [0.5, 0.6) is 0 Å². The zero-order chi connectivity index (χ0) is 11.5. The molecular weight excluding hydrogens is 207 g/mol. The number of fused-ring (bicyclic) bond motifs is 1. The summed E-state index contributed by atoms with van der Waals surface area (Å²) >= 11 is 0. The third kappa shape index (κ3) is 2.01. The molecule has 0 aromatic heterocycles. The number of carbonyl (C=O) groups is 1. The molecule has 0 saturated carbocycles. The minimum atomic E-state index is -0.518. The highest BCUT2D eigenvalue weighted by atomic mass is 19.1. The van der Waals surface area contributed by atoms with Crippen LogP contribution < -0.4 is 10.6 Å². The average molecular weight is 222 g/mol. The lowest BCUT2D eigenvalue weighted by atomic mass is 10.1. The maximum absolute atomic E-state index is 12.4. The van der Waals surface area contributed by atoms with E-state index in [1.807, 2.05) is 12.1 Å². The van der Waals surface area contributed by atoms with Gasteiger partial charge in [0.25, 0.3) is 0 Å². The van der Waals surface area contributed by atoms with E-state index in [4.69, 9.17) is 5.73 Å². The van der Waals surface area contributed by atoms with Gasteiger partial charge in [0.05, 0.1) is 6.54 Å². The Morgan fingerprint density at radius 1 is 1.38 bits per heavy atom. The fourth-order valence-corrected chi connectivity index (χ4v) is 2.10. The summed E-state index contributed by atoms with van der Waals surface area (Å²) in [5, 5.41) is 0. The van der Waals surface area contributed by atoms with Crippen LogP contribution in [0.2, 0.25) is 0 Å². The molecule has 0 unspecified atom stereocenters. The van der Waals surface area contributed by atoms with Gasteiger partial charge < -0.3 is 10.6 Å². The summed E-state index contributed by atoms with van der Waals surface area (Å²) in [6, 6.07) is 5.44. The molecule has 2 rings (SSSR count). The summed E-state index contributed by atoms with van der Waals surface area (Å²) in [5.41, 5.74) is 8.25. The average Bonchev–Trinajstić information content (AvgIpc) is 2.40. The summed E-state index contributed by atoms with van der Waals surface area (Å²) in [4.78, 5) is 13.3. The second kappa shape index (κ2) is 4.51. The van der Waals surface area contributed by atoms with E-state index in [0.717, 1.165) is 24.1 Å². The van der Waals surface area contributed by atoms with Crippen molar-refractivity contribution in [2.75, 3.05) is 23.9 Å². The van der Waals surface area contributed by atoms with Gasteiger partial charge in [0.15, 0.2) is 0 Å². The molecule has 0 atom stereocenters. The Kier molecular flexibility index (Phi) is 3.08. The lowest BCUT2D eigenvalue weighted by molar-refractivity contribution is -0.118. The molecule has 1 aliphatic heterocycles. The van der Waals surface area contributed by atoms with Gasteiger partial charge in [-0.25, -0.2) is 4.39 Å². The van der Waals surface area contributed by atoms with Crippen LogP contribution in [0.4, 0.5) is 15.8 Å². The van der Waals surface area contributed by atoms with E-state index in [2.05, 4.69) is 0 Å². The van der Waals surface area contributed by atoms with Crippen LogP contribution in [-0.4, -0.2) is 19.1 Å². The first-order valence-corrected chi connectivity index (χ1v) is 5.47. The molecule has 1 heterocycles. The van der Waals surface area contributed by atoms with Gasteiger partial charge in [-0.15, -0.1) is 0 Å². The standard InChI is InChI=1S/C12H15FN2O/c13-6-7-15-11-5-4-10(14)8-9(11)2-1-3-12(15)16/h4-5,8H,1-3,6-7,14H2. The van der Waals surface area contributed by atoms with Crippen LogP contribution in [0.1, 0.15) is 18.4 Å². The molecule has 1 aromatic rings. The number of nitrogens with zero attached hydrogens (tertiary/aromatic N) is 1. The number of benzene rings is 1. The van der Waals surface area contributed by atoms with Gasteiger partial charge in [-0.3, -0.25) is 4.79 Å². The number of anilines is 2. The van der Waals surface area contributed by atoms with Gasteiger partial charge >= 0.3 is 0 Å². The van der Waals surface area contributed by atoms with E-state index in [0.29, 0.717) is 12.1 Å². The number of rotatable bonds is 2. The third-order valence-electron chi connectivity index (χ3n) is 2.84. The lowest BCUT2D eigenvalue weighted by Crippen LogP contribution is -2.32. The molecule has 0 fully saturated rings. The Morgan fingerprint density at radius 2 is 2.19 bits per heavy atom. The highest BCUT2D eigenvalue weighted by Gasteiger charge is 2.21. The Morgan fingerprint density at radius 3 is 2.94 bits per heavy atom. The van der Waals surface area contributed by atoms with Crippen LogP contribution >= 0.6 is 0 Å². The van der Waals surface area contributed by atoms with Crippen LogP contribution in [0.25, 0.3) is 0 Å². The number of carbonyl (C=O) groups excluding carboxylic acids is 1. The second-order valence-corrected chi connectivity index (χ2v) is 3.98. The summed E-state index contributed by atoms with van der Waals surface area (Å²) in [6.45, 7) is -0.384. The number of alkyl halides is 1. The molecule has 1 aliphatic rings. The smallest absolute Gasteiger partial charge is 0.227 e. The van der Waals surface area contributed by atoms with Crippen molar-refractivity contribution in [1.29, 1.82) is 0 Å². The first kappa shape index (κ1) is 10.9. The van der Waals surface area contributed by atoms with E-state index in [9.17, 15) is 9.18 Å². The van der Waals surface area contributed by atoms with Crippen LogP contribution in [0.3, 0.4) is 0 Å². The first-order valence-electron chi connectivity index (χ1n) is 5.47. The number of aryl methyl sites for hydroxylation is 1. The molecule has 0 spiro atoms. The molecule has 0 radical (unpaired) electrons. The van der Waals surface area contributed by atoms with Crippen molar-refractivity contribution >= 4 is 17.3 Å². The number of halogens is 1. The fourth-order valence-electron chi connectivity index (χ4n) is 2.10. The number of nitrogens with two attached hydrogens (primary N) is 1.